The van der Waals surface area contributed by atoms with Gasteiger partial charge in [-0.2, -0.15) is 0 Å². The summed E-state index contributed by atoms with van der Waals surface area (Å²) in [7, 11) is 0. The summed E-state index contributed by atoms with van der Waals surface area (Å²) in [5.41, 5.74) is 0. The molecule has 1 aliphatic rings. The fraction of sp³-hybridized carbons (Fsp3) is 0.900. The molecule has 14 heavy (non-hydrogen) atoms. The molecule has 1 aliphatic heterocycles. The average Bonchev–Trinajstić information content (AvgIpc) is 2.62. The molecule has 1 fully saturated rings. The fourth-order valence-corrected chi connectivity index (χ4v) is 1.86. The number of aliphatic hydroxyl groups is 1. The van der Waals surface area contributed by atoms with Gasteiger partial charge in [0.15, 0.2) is 0 Å². The predicted molar refractivity (Wildman–Crippen MR) is 52.9 cm³/mol. The highest BCUT2D eigenvalue weighted by Crippen LogP contribution is 2.16. The lowest BCUT2D eigenvalue weighted by atomic mass is 10.2. The average molecular weight is 201 g/mol. The molecule has 4 nitrogen and oxygen atoms in total. The van der Waals surface area contributed by atoms with Crippen molar-refractivity contribution in [3.05, 3.63) is 0 Å². The molecule has 0 bridgehead atoms. The molecule has 1 saturated heterocycles. The summed E-state index contributed by atoms with van der Waals surface area (Å²) < 4.78 is 4.84. The van der Waals surface area contributed by atoms with Crippen molar-refractivity contribution in [3.8, 4) is 0 Å². The minimum absolute atomic E-state index is 0.143. The van der Waals surface area contributed by atoms with Crippen LogP contribution in [0.15, 0.2) is 0 Å². The number of esters is 1. The molecule has 1 atom stereocenters. The molecule has 1 heterocycles. The van der Waals surface area contributed by atoms with Crippen LogP contribution in [0.2, 0.25) is 0 Å². The summed E-state index contributed by atoms with van der Waals surface area (Å²) in [6, 6.07) is 0.254. The Bertz CT molecular complexity index is 184. The van der Waals surface area contributed by atoms with Gasteiger partial charge in [-0.15, -0.1) is 0 Å². The number of hydrogen-bond acceptors (Lipinski definition) is 4. The van der Waals surface area contributed by atoms with Gasteiger partial charge in [0.25, 0.3) is 0 Å². The normalized spacial score (nSPS) is 22.6. The van der Waals surface area contributed by atoms with Crippen LogP contribution >= 0.6 is 0 Å². The maximum atomic E-state index is 11.1. The molecule has 0 spiro atoms. The van der Waals surface area contributed by atoms with Gasteiger partial charge in [0.2, 0.25) is 0 Å². The predicted octanol–water partition coefficient (Wildman–Crippen LogP) is 0.396. The van der Waals surface area contributed by atoms with E-state index < -0.39 is 0 Å². The van der Waals surface area contributed by atoms with Crippen molar-refractivity contribution in [2.45, 2.75) is 32.2 Å². The van der Waals surface area contributed by atoms with Gasteiger partial charge < -0.3 is 9.84 Å². The van der Waals surface area contributed by atoms with Gasteiger partial charge in [0, 0.05) is 12.6 Å². The molecular formula is C10H19NO3. The lowest BCUT2D eigenvalue weighted by Crippen LogP contribution is -2.34. The Morgan fingerprint density at radius 3 is 3.07 bits per heavy atom. The summed E-state index contributed by atoms with van der Waals surface area (Å²) in [5, 5.41) is 9.05. The number of carbonyl (C=O) groups excluding carboxylic acids is 1. The molecule has 4 heteroatoms. The fourth-order valence-electron chi connectivity index (χ4n) is 1.86. The Morgan fingerprint density at radius 2 is 2.43 bits per heavy atom. The van der Waals surface area contributed by atoms with Crippen molar-refractivity contribution in [1.29, 1.82) is 0 Å². The molecule has 0 saturated carbocycles. The highest BCUT2D eigenvalue weighted by molar-refractivity contribution is 5.69. The molecule has 0 aromatic carbocycles. The number of hydrogen-bond donors (Lipinski definition) is 1. The van der Waals surface area contributed by atoms with Crippen LogP contribution in [0.1, 0.15) is 26.2 Å². The number of ether oxygens (including phenoxy) is 1. The third-order valence-corrected chi connectivity index (χ3v) is 2.62. The van der Waals surface area contributed by atoms with E-state index in [1.165, 1.54) is 0 Å². The van der Waals surface area contributed by atoms with Gasteiger partial charge >= 0.3 is 5.97 Å². The van der Waals surface area contributed by atoms with E-state index >= 15 is 0 Å². The highest BCUT2D eigenvalue weighted by atomic mass is 16.5. The molecule has 1 unspecified atom stereocenters. The molecule has 1 rings (SSSR count). The van der Waals surface area contributed by atoms with Crippen LogP contribution in [0.4, 0.5) is 0 Å². The van der Waals surface area contributed by atoms with Crippen molar-refractivity contribution in [2.24, 2.45) is 0 Å². The maximum absolute atomic E-state index is 11.1. The van der Waals surface area contributed by atoms with E-state index in [-0.39, 0.29) is 18.6 Å². The largest absolute Gasteiger partial charge is 0.466 e. The smallest absolute Gasteiger partial charge is 0.307 e. The van der Waals surface area contributed by atoms with Gasteiger partial charge in [-0.25, -0.2) is 0 Å². The number of carbonyl (C=O) groups is 1. The van der Waals surface area contributed by atoms with Crippen molar-refractivity contribution in [3.63, 3.8) is 0 Å². The van der Waals surface area contributed by atoms with Crippen LogP contribution in [-0.2, 0) is 9.53 Å². The van der Waals surface area contributed by atoms with Crippen LogP contribution in [0.5, 0.6) is 0 Å². The van der Waals surface area contributed by atoms with E-state index in [0.717, 1.165) is 19.4 Å². The second-order valence-corrected chi connectivity index (χ2v) is 3.57. The first kappa shape index (κ1) is 11.5. The van der Waals surface area contributed by atoms with Crippen LogP contribution in [0, 0.1) is 0 Å². The van der Waals surface area contributed by atoms with Crippen molar-refractivity contribution >= 4 is 5.97 Å². The Morgan fingerprint density at radius 1 is 1.64 bits per heavy atom. The minimum atomic E-state index is -0.143. The maximum Gasteiger partial charge on any atom is 0.307 e. The Kier molecular flexibility index (Phi) is 4.90. The first-order chi connectivity index (χ1) is 6.77. The minimum Gasteiger partial charge on any atom is -0.466 e. The second kappa shape index (κ2) is 5.98. The number of likely N-dealkylation sites (tertiary alicyclic amines) is 1. The summed E-state index contributed by atoms with van der Waals surface area (Å²) in [6.45, 7) is 4.16. The molecule has 0 aromatic heterocycles. The molecule has 0 aromatic rings. The van der Waals surface area contributed by atoms with Gasteiger partial charge in [0.1, 0.15) is 0 Å². The molecular weight excluding hydrogens is 182 g/mol. The van der Waals surface area contributed by atoms with Gasteiger partial charge in [-0.1, -0.05) is 0 Å². The third-order valence-electron chi connectivity index (χ3n) is 2.62. The Balaban J connectivity index is 2.20. The first-order valence-electron chi connectivity index (χ1n) is 5.28. The van der Waals surface area contributed by atoms with E-state index in [4.69, 9.17) is 9.84 Å². The lowest BCUT2D eigenvalue weighted by molar-refractivity contribution is -0.143. The summed E-state index contributed by atoms with van der Waals surface area (Å²) in [6.07, 6.45) is 2.59. The zero-order valence-corrected chi connectivity index (χ0v) is 8.74. The van der Waals surface area contributed by atoms with E-state index in [1.807, 2.05) is 6.92 Å². The summed E-state index contributed by atoms with van der Waals surface area (Å²) >= 11 is 0. The molecule has 0 radical (unpaired) electrons. The van der Waals surface area contributed by atoms with Crippen molar-refractivity contribution in [1.82, 2.24) is 4.90 Å². The summed E-state index contributed by atoms with van der Waals surface area (Å²) in [4.78, 5) is 13.2. The van der Waals surface area contributed by atoms with E-state index in [0.29, 0.717) is 19.6 Å². The molecule has 0 amide bonds. The van der Waals surface area contributed by atoms with Gasteiger partial charge in [0.05, 0.1) is 19.6 Å². The topological polar surface area (TPSA) is 49.8 Å². The number of rotatable bonds is 5. The number of aliphatic hydroxyl groups excluding tert-OH is 1. The van der Waals surface area contributed by atoms with Crippen LogP contribution in [-0.4, -0.2) is 48.3 Å². The van der Waals surface area contributed by atoms with E-state index in [9.17, 15) is 4.79 Å². The van der Waals surface area contributed by atoms with Gasteiger partial charge in [-0.3, -0.25) is 9.69 Å². The number of nitrogens with zero attached hydrogens (tertiary/aromatic N) is 1. The Labute approximate surface area is 84.8 Å². The van der Waals surface area contributed by atoms with Crippen molar-refractivity contribution < 1.29 is 14.6 Å². The van der Waals surface area contributed by atoms with Gasteiger partial charge in [-0.05, 0) is 26.3 Å². The zero-order chi connectivity index (χ0) is 10.4. The highest BCUT2D eigenvalue weighted by Gasteiger charge is 2.23. The van der Waals surface area contributed by atoms with Crippen molar-refractivity contribution in [2.75, 3.05) is 26.3 Å². The first-order valence-corrected chi connectivity index (χ1v) is 5.28. The molecule has 0 aliphatic carbocycles. The quantitative estimate of drug-likeness (QED) is 0.654. The zero-order valence-electron chi connectivity index (χ0n) is 8.74. The standard InChI is InChI=1S/C10H19NO3/c1-2-14-10(13)5-7-11-6-3-4-9(11)8-12/h9,12H,2-8H2,1H3. The molecule has 82 valence electrons. The monoisotopic (exact) mass is 201 g/mol. The van der Waals surface area contributed by atoms with Crippen LogP contribution < -0.4 is 0 Å². The van der Waals surface area contributed by atoms with Crippen LogP contribution in [0.3, 0.4) is 0 Å². The Hall–Kier alpha value is -0.610. The third kappa shape index (κ3) is 3.27. The summed E-state index contributed by atoms with van der Waals surface area (Å²) in [5.74, 6) is -0.143. The second-order valence-electron chi connectivity index (χ2n) is 3.57. The SMILES string of the molecule is CCOC(=O)CCN1CCCC1CO. The molecule has 1 N–H and O–H groups in total. The van der Waals surface area contributed by atoms with E-state index in [1.54, 1.807) is 0 Å². The lowest BCUT2D eigenvalue weighted by Gasteiger charge is -2.21. The van der Waals surface area contributed by atoms with E-state index in [2.05, 4.69) is 4.90 Å². The van der Waals surface area contributed by atoms with Crippen LogP contribution in [0.25, 0.3) is 0 Å².